The van der Waals surface area contributed by atoms with Gasteiger partial charge in [-0.15, -0.1) is 22.9 Å². The Morgan fingerprint density at radius 2 is 2.33 bits per heavy atom. The van der Waals surface area contributed by atoms with E-state index in [2.05, 4.69) is 4.98 Å². The van der Waals surface area contributed by atoms with Crippen LogP contribution in [-0.2, 0) is 9.53 Å². The zero-order valence-electron chi connectivity index (χ0n) is 8.06. The maximum Gasteiger partial charge on any atom is 0.246 e. The van der Waals surface area contributed by atoms with E-state index >= 15 is 0 Å². The summed E-state index contributed by atoms with van der Waals surface area (Å²) < 4.78 is 5.17. The second-order valence-corrected chi connectivity index (χ2v) is 4.56. The van der Waals surface area contributed by atoms with Crippen LogP contribution in [0.1, 0.15) is 10.3 Å². The Morgan fingerprint density at radius 3 is 2.93 bits per heavy atom. The Morgan fingerprint density at radius 1 is 1.60 bits per heavy atom. The first kappa shape index (κ1) is 10.9. The molecule has 0 spiro atoms. The third-order valence-corrected chi connectivity index (χ3v) is 3.63. The Kier molecular flexibility index (Phi) is 3.56. The largest absolute Gasteiger partial charge is 0.378 e. The van der Waals surface area contributed by atoms with Gasteiger partial charge in [0.05, 0.1) is 23.6 Å². The van der Waals surface area contributed by atoms with Gasteiger partial charge in [-0.1, -0.05) is 0 Å². The van der Waals surface area contributed by atoms with E-state index in [0.717, 1.165) is 4.88 Å². The Hall–Kier alpha value is -0.650. The summed E-state index contributed by atoms with van der Waals surface area (Å²) in [4.78, 5) is 18.4. The maximum absolute atomic E-state index is 11.9. The number of rotatable bonds is 2. The van der Waals surface area contributed by atoms with Gasteiger partial charge in [-0.3, -0.25) is 9.78 Å². The van der Waals surface area contributed by atoms with E-state index in [0.29, 0.717) is 26.3 Å². The highest BCUT2D eigenvalue weighted by atomic mass is 35.5. The van der Waals surface area contributed by atoms with Crippen LogP contribution >= 0.6 is 22.9 Å². The van der Waals surface area contributed by atoms with Crippen LogP contribution in [0.4, 0.5) is 0 Å². The number of hydrogen-bond acceptors (Lipinski definition) is 4. The number of nitrogens with zero attached hydrogens (tertiary/aromatic N) is 2. The average molecular weight is 247 g/mol. The number of hydrogen-bond donors (Lipinski definition) is 0. The zero-order valence-corrected chi connectivity index (χ0v) is 9.63. The third-order valence-electron chi connectivity index (χ3n) is 2.24. The van der Waals surface area contributed by atoms with Gasteiger partial charge < -0.3 is 9.64 Å². The number of aromatic nitrogens is 1. The first-order valence-electron chi connectivity index (χ1n) is 4.68. The summed E-state index contributed by atoms with van der Waals surface area (Å²) in [5.74, 6) is -0.0517. The molecule has 15 heavy (non-hydrogen) atoms. The first-order valence-corrected chi connectivity index (χ1v) is 5.99. The van der Waals surface area contributed by atoms with E-state index in [9.17, 15) is 4.79 Å². The van der Waals surface area contributed by atoms with E-state index < -0.39 is 5.38 Å². The van der Waals surface area contributed by atoms with Crippen molar-refractivity contribution in [1.82, 2.24) is 9.88 Å². The highest BCUT2D eigenvalue weighted by molar-refractivity contribution is 7.10. The summed E-state index contributed by atoms with van der Waals surface area (Å²) in [6.45, 7) is 2.44. The third kappa shape index (κ3) is 2.48. The summed E-state index contributed by atoms with van der Waals surface area (Å²) in [5.41, 5.74) is 1.68. The SMILES string of the molecule is O=C(C(Cl)c1cncs1)N1CCOCC1. The minimum absolute atomic E-state index is 0.0517. The minimum Gasteiger partial charge on any atom is -0.378 e. The lowest BCUT2D eigenvalue weighted by Gasteiger charge is -2.28. The molecule has 2 heterocycles. The van der Waals surface area contributed by atoms with Crippen LogP contribution in [0.15, 0.2) is 11.7 Å². The van der Waals surface area contributed by atoms with E-state index in [-0.39, 0.29) is 5.91 Å². The van der Waals surface area contributed by atoms with Crippen LogP contribution in [0.2, 0.25) is 0 Å². The van der Waals surface area contributed by atoms with Crippen molar-refractivity contribution in [2.45, 2.75) is 5.38 Å². The van der Waals surface area contributed by atoms with Gasteiger partial charge in [-0.05, 0) is 0 Å². The number of thiazole rings is 1. The molecule has 6 heteroatoms. The van der Waals surface area contributed by atoms with Crippen molar-refractivity contribution in [3.8, 4) is 0 Å². The topological polar surface area (TPSA) is 42.4 Å². The molecule has 0 saturated carbocycles. The predicted octanol–water partition coefficient (Wildman–Crippen LogP) is 1.28. The van der Waals surface area contributed by atoms with E-state index in [1.807, 2.05) is 0 Å². The molecule has 0 radical (unpaired) electrons. The standard InChI is InChI=1S/C9H11ClN2O2S/c10-8(7-5-11-6-15-7)9(13)12-1-3-14-4-2-12/h5-6,8H,1-4H2. The fourth-order valence-electron chi connectivity index (χ4n) is 1.42. The molecule has 1 aliphatic heterocycles. The molecule has 1 amide bonds. The molecular weight excluding hydrogens is 236 g/mol. The van der Waals surface area contributed by atoms with Crippen LogP contribution in [0, 0.1) is 0 Å². The van der Waals surface area contributed by atoms with Gasteiger partial charge in [0.25, 0.3) is 0 Å². The maximum atomic E-state index is 11.9. The molecule has 1 unspecified atom stereocenters. The monoisotopic (exact) mass is 246 g/mol. The summed E-state index contributed by atoms with van der Waals surface area (Å²) in [7, 11) is 0. The molecule has 0 bridgehead atoms. The van der Waals surface area contributed by atoms with Crippen molar-refractivity contribution in [3.63, 3.8) is 0 Å². The Balaban J connectivity index is 2.00. The van der Waals surface area contributed by atoms with Gasteiger partial charge in [0.2, 0.25) is 5.91 Å². The van der Waals surface area contributed by atoms with Gasteiger partial charge in [0.15, 0.2) is 0 Å². The lowest BCUT2D eigenvalue weighted by atomic mass is 10.3. The number of halogens is 1. The molecule has 4 nitrogen and oxygen atoms in total. The minimum atomic E-state index is -0.601. The summed E-state index contributed by atoms with van der Waals surface area (Å²) in [6.07, 6.45) is 1.64. The average Bonchev–Trinajstić information content (AvgIpc) is 2.82. The van der Waals surface area contributed by atoms with Gasteiger partial charge in [0, 0.05) is 19.3 Å². The van der Waals surface area contributed by atoms with Crippen molar-refractivity contribution in [2.75, 3.05) is 26.3 Å². The molecule has 0 aromatic carbocycles. The number of morpholine rings is 1. The molecule has 1 aliphatic rings. The van der Waals surface area contributed by atoms with Gasteiger partial charge in [0.1, 0.15) is 5.38 Å². The number of amides is 1. The number of alkyl halides is 1. The molecule has 1 aromatic rings. The molecule has 1 aromatic heterocycles. The van der Waals surface area contributed by atoms with Crippen molar-refractivity contribution >= 4 is 28.8 Å². The molecule has 1 saturated heterocycles. The number of carbonyl (C=O) groups is 1. The fraction of sp³-hybridized carbons (Fsp3) is 0.556. The van der Waals surface area contributed by atoms with E-state index in [1.54, 1.807) is 16.6 Å². The van der Waals surface area contributed by atoms with Crippen LogP contribution in [-0.4, -0.2) is 42.1 Å². The van der Waals surface area contributed by atoms with E-state index in [1.165, 1.54) is 11.3 Å². The molecule has 2 rings (SSSR count). The first-order chi connectivity index (χ1) is 7.29. The molecule has 82 valence electrons. The highest BCUT2D eigenvalue weighted by Crippen LogP contribution is 2.26. The highest BCUT2D eigenvalue weighted by Gasteiger charge is 2.26. The fourth-order valence-corrected chi connectivity index (χ4v) is 2.35. The Labute approximate surface area is 96.8 Å². The van der Waals surface area contributed by atoms with Crippen molar-refractivity contribution < 1.29 is 9.53 Å². The summed E-state index contributed by atoms with van der Waals surface area (Å²) in [5, 5.41) is -0.601. The van der Waals surface area contributed by atoms with Crippen LogP contribution < -0.4 is 0 Å². The van der Waals surface area contributed by atoms with Crippen LogP contribution in [0.25, 0.3) is 0 Å². The number of carbonyl (C=O) groups excluding carboxylic acids is 1. The van der Waals surface area contributed by atoms with Crippen molar-refractivity contribution in [3.05, 3.63) is 16.6 Å². The lowest BCUT2D eigenvalue weighted by molar-refractivity contribution is -0.134. The molecule has 0 aliphatic carbocycles. The Bertz CT molecular complexity index is 325. The molecule has 1 atom stereocenters. The molecule has 1 fully saturated rings. The summed E-state index contributed by atoms with van der Waals surface area (Å²) >= 11 is 7.47. The number of ether oxygens (including phenoxy) is 1. The summed E-state index contributed by atoms with van der Waals surface area (Å²) in [6, 6.07) is 0. The lowest BCUT2D eigenvalue weighted by Crippen LogP contribution is -2.42. The van der Waals surface area contributed by atoms with Crippen molar-refractivity contribution in [1.29, 1.82) is 0 Å². The van der Waals surface area contributed by atoms with Crippen LogP contribution in [0.5, 0.6) is 0 Å². The van der Waals surface area contributed by atoms with E-state index in [4.69, 9.17) is 16.3 Å². The van der Waals surface area contributed by atoms with Gasteiger partial charge in [-0.25, -0.2) is 0 Å². The van der Waals surface area contributed by atoms with Gasteiger partial charge >= 0.3 is 0 Å². The van der Waals surface area contributed by atoms with Crippen LogP contribution in [0.3, 0.4) is 0 Å². The molecular formula is C9H11ClN2O2S. The second kappa shape index (κ2) is 4.92. The van der Waals surface area contributed by atoms with Gasteiger partial charge in [-0.2, -0.15) is 0 Å². The molecule has 0 N–H and O–H groups in total. The smallest absolute Gasteiger partial charge is 0.246 e. The second-order valence-electron chi connectivity index (χ2n) is 3.20. The van der Waals surface area contributed by atoms with Crippen molar-refractivity contribution in [2.24, 2.45) is 0 Å². The quantitative estimate of drug-likeness (QED) is 0.739. The normalized spacial score (nSPS) is 18.9. The predicted molar refractivity (Wildman–Crippen MR) is 58.1 cm³/mol. The zero-order chi connectivity index (χ0) is 10.7.